The zero-order valence-electron chi connectivity index (χ0n) is 10.7. The number of amides is 1. The van der Waals surface area contributed by atoms with Crippen LogP contribution in [0.2, 0.25) is 0 Å². The summed E-state index contributed by atoms with van der Waals surface area (Å²) in [5.74, 6) is 0.706. The van der Waals surface area contributed by atoms with Crippen LogP contribution < -0.4 is 5.73 Å². The average Bonchev–Trinajstić information content (AvgIpc) is 3.10. The predicted molar refractivity (Wildman–Crippen MR) is 69.9 cm³/mol. The van der Waals surface area contributed by atoms with E-state index in [9.17, 15) is 4.79 Å². The Balaban J connectivity index is 2.18. The van der Waals surface area contributed by atoms with Crippen LogP contribution in [0.15, 0.2) is 18.2 Å². The lowest BCUT2D eigenvalue weighted by Crippen LogP contribution is -2.36. The molecule has 1 aromatic rings. The Hall–Kier alpha value is -1.51. The number of benzene rings is 1. The Bertz CT molecular complexity index is 438. The lowest BCUT2D eigenvalue weighted by molar-refractivity contribution is 0.0728. The van der Waals surface area contributed by atoms with Crippen molar-refractivity contribution in [2.24, 2.45) is 5.92 Å². The molecule has 0 radical (unpaired) electrons. The molecule has 3 nitrogen and oxygen atoms in total. The quantitative estimate of drug-likeness (QED) is 0.814. The largest absolute Gasteiger partial charge is 0.398 e. The van der Waals surface area contributed by atoms with Crippen LogP contribution in [0.4, 0.5) is 5.69 Å². The summed E-state index contributed by atoms with van der Waals surface area (Å²) in [7, 11) is 1.87. The van der Waals surface area contributed by atoms with Gasteiger partial charge in [0.05, 0.1) is 5.56 Å². The summed E-state index contributed by atoms with van der Waals surface area (Å²) in [6.45, 7) is 4.08. The standard InChI is InChI=1S/C14H20N2O/c1-9-4-7-12(13(15)8-9)14(17)16(3)10(2)11-5-6-11/h4,7-8,10-11H,5-6,15H2,1-3H3. The molecule has 1 fully saturated rings. The fourth-order valence-corrected chi connectivity index (χ4v) is 2.15. The van der Waals surface area contributed by atoms with Gasteiger partial charge in [0.2, 0.25) is 0 Å². The van der Waals surface area contributed by atoms with Gasteiger partial charge in [-0.25, -0.2) is 0 Å². The molecule has 0 saturated heterocycles. The molecule has 17 heavy (non-hydrogen) atoms. The van der Waals surface area contributed by atoms with Crippen LogP contribution in [-0.2, 0) is 0 Å². The first-order chi connectivity index (χ1) is 8.00. The summed E-state index contributed by atoms with van der Waals surface area (Å²) in [5, 5.41) is 0. The van der Waals surface area contributed by atoms with E-state index < -0.39 is 0 Å². The molecule has 1 unspecified atom stereocenters. The third-order valence-corrected chi connectivity index (χ3v) is 3.67. The molecule has 0 bridgehead atoms. The second-order valence-corrected chi connectivity index (χ2v) is 5.08. The Morgan fingerprint density at radius 2 is 2.12 bits per heavy atom. The van der Waals surface area contributed by atoms with Gasteiger partial charge in [0, 0.05) is 18.8 Å². The fourth-order valence-electron chi connectivity index (χ4n) is 2.15. The lowest BCUT2D eigenvalue weighted by atomic mass is 10.1. The predicted octanol–water partition coefficient (Wildman–Crippen LogP) is 2.45. The zero-order chi connectivity index (χ0) is 12.6. The van der Waals surface area contributed by atoms with Gasteiger partial charge in [0.25, 0.3) is 5.91 Å². The maximum atomic E-state index is 12.3. The van der Waals surface area contributed by atoms with Crippen LogP contribution in [0, 0.1) is 12.8 Å². The molecule has 1 aromatic carbocycles. The van der Waals surface area contributed by atoms with Crippen molar-refractivity contribution < 1.29 is 4.79 Å². The van der Waals surface area contributed by atoms with Crippen molar-refractivity contribution in [1.82, 2.24) is 4.90 Å². The van der Waals surface area contributed by atoms with E-state index in [0.717, 1.165) is 5.56 Å². The molecule has 2 N–H and O–H groups in total. The van der Waals surface area contributed by atoms with E-state index >= 15 is 0 Å². The minimum Gasteiger partial charge on any atom is -0.398 e. The number of nitrogen functional groups attached to an aromatic ring is 1. The third kappa shape index (κ3) is 2.43. The first kappa shape index (κ1) is 12.0. The van der Waals surface area contributed by atoms with Gasteiger partial charge in [-0.2, -0.15) is 0 Å². The van der Waals surface area contributed by atoms with E-state index in [1.165, 1.54) is 12.8 Å². The number of carbonyl (C=O) groups is 1. The Labute approximate surface area is 103 Å². The molecule has 92 valence electrons. The van der Waals surface area contributed by atoms with Gasteiger partial charge in [-0.15, -0.1) is 0 Å². The number of nitrogens with two attached hydrogens (primary N) is 1. The molecule has 1 saturated carbocycles. The molecule has 1 atom stereocenters. The van der Waals surface area contributed by atoms with Crippen molar-refractivity contribution in [3.63, 3.8) is 0 Å². The number of hydrogen-bond acceptors (Lipinski definition) is 2. The van der Waals surface area contributed by atoms with Gasteiger partial charge in [0.15, 0.2) is 0 Å². The van der Waals surface area contributed by atoms with Crippen LogP contribution >= 0.6 is 0 Å². The average molecular weight is 232 g/mol. The van der Waals surface area contributed by atoms with Crippen molar-refractivity contribution in [3.05, 3.63) is 29.3 Å². The molecule has 3 heteroatoms. The molecule has 0 aromatic heterocycles. The van der Waals surface area contributed by atoms with Gasteiger partial charge in [-0.05, 0) is 50.3 Å². The number of rotatable bonds is 3. The molecule has 2 rings (SSSR count). The second-order valence-electron chi connectivity index (χ2n) is 5.08. The Morgan fingerprint density at radius 3 is 2.65 bits per heavy atom. The van der Waals surface area contributed by atoms with Crippen LogP contribution in [0.5, 0.6) is 0 Å². The Kier molecular flexibility index (Phi) is 3.09. The molecule has 1 aliphatic carbocycles. The second kappa shape index (κ2) is 4.40. The Morgan fingerprint density at radius 1 is 1.47 bits per heavy atom. The van der Waals surface area contributed by atoms with Crippen molar-refractivity contribution >= 4 is 11.6 Å². The first-order valence-electron chi connectivity index (χ1n) is 6.14. The summed E-state index contributed by atoms with van der Waals surface area (Å²) in [6, 6.07) is 5.91. The van der Waals surface area contributed by atoms with Crippen molar-refractivity contribution in [1.29, 1.82) is 0 Å². The van der Waals surface area contributed by atoms with Crippen LogP contribution in [0.1, 0.15) is 35.7 Å². The topological polar surface area (TPSA) is 46.3 Å². The molecular formula is C14H20N2O. The molecule has 0 heterocycles. The van der Waals surface area contributed by atoms with Crippen LogP contribution in [-0.4, -0.2) is 23.9 Å². The molecule has 0 spiro atoms. The molecule has 1 amide bonds. The summed E-state index contributed by atoms with van der Waals surface area (Å²) >= 11 is 0. The van der Waals surface area contributed by atoms with E-state index in [2.05, 4.69) is 6.92 Å². The van der Waals surface area contributed by atoms with Crippen molar-refractivity contribution in [2.45, 2.75) is 32.7 Å². The summed E-state index contributed by atoms with van der Waals surface area (Å²) in [5.41, 5.74) is 8.18. The highest BCUT2D eigenvalue weighted by Gasteiger charge is 2.33. The monoisotopic (exact) mass is 232 g/mol. The third-order valence-electron chi connectivity index (χ3n) is 3.67. The highest BCUT2D eigenvalue weighted by Crippen LogP contribution is 2.35. The van der Waals surface area contributed by atoms with Gasteiger partial charge < -0.3 is 10.6 Å². The van der Waals surface area contributed by atoms with E-state index in [1.54, 1.807) is 0 Å². The van der Waals surface area contributed by atoms with E-state index in [1.807, 2.05) is 37.1 Å². The zero-order valence-corrected chi connectivity index (χ0v) is 10.7. The van der Waals surface area contributed by atoms with E-state index in [4.69, 9.17) is 5.73 Å². The van der Waals surface area contributed by atoms with Crippen molar-refractivity contribution in [2.75, 3.05) is 12.8 Å². The number of anilines is 1. The summed E-state index contributed by atoms with van der Waals surface area (Å²) in [4.78, 5) is 14.1. The van der Waals surface area contributed by atoms with Crippen LogP contribution in [0.25, 0.3) is 0 Å². The molecule has 0 aliphatic heterocycles. The van der Waals surface area contributed by atoms with Gasteiger partial charge in [-0.1, -0.05) is 6.07 Å². The lowest BCUT2D eigenvalue weighted by Gasteiger charge is -2.25. The number of nitrogens with zero attached hydrogens (tertiary/aromatic N) is 1. The minimum atomic E-state index is 0.0295. The number of aryl methyl sites for hydroxylation is 1. The smallest absolute Gasteiger partial charge is 0.255 e. The van der Waals surface area contributed by atoms with Crippen LogP contribution in [0.3, 0.4) is 0 Å². The number of carbonyl (C=O) groups excluding carboxylic acids is 1. The minimum absolute atomic E-state index is 0.0295. The van der Waals surface area contributed by atoms with Gasteiger partial charge in [-0.3, -0.25) is 4.79 Å². The van der Waals surface area contributed by atoms with Gasteiger partial charge >= 0.3 is 0 Å². The maximum Gasteiger partial charge on any atom is 0.255 e. The normalized spacial score (nSPS) is 16.6. The summed E-state index contributed by atoms with van der Waals surface area (Å²) in [6.07, 6.45) is 2.48. The van der Waals surface area contributed by atoms with E-state index in [-0.39, 0.29) is 5.91 Å². The highest BCUT2D eigenvalue weighted by atomic mass is 16.2. The SMILES string of the molecule is Cc1ccc(C(=O)N(C)C(C)C2CC2)c(N)c1. The fraction of sp³-hybridized carbons (Fsp3) is 0.500. The first-order valence-corrected chi connectivity index (χ1v) is 6.14. The highest BCUT2D eigenvalue weighted by molar-refractivity contribution is 5.99. The summed E-state index contributed by atoms with van der Waals surface area (Å²) < 4.78 is 0. The maximum absolute atomic E-state index is 12.3. The van der Waals surface area contributed by atoms with Gasteiger partial charge in [0.1, 0.15) is 0 Å². The van der Waals surface area contributed by atoms with E-state index in [0.29, 0.717) is 23.2 Å². The van der Waals surface area contributed by atoms with Crippen molar-refractivity contribution in [3.8, 4) is 0 Å². The molecule has 1 aliphatic rings. The molecular weight excluding hydrogens is 212 g/mol. The number of hydrogen-bond donors (Lipinski definition) is 1.